The number of imidazole rings is 1. The van der Waals surface area contributed by atoms with E-state index in [4.69, 9.17) is 0 Å². The van der Waals surface area contributed by atoms with Crippen LogP contribution in [0.3, 0.4) is 0 Å². The molecule has 5 rings (SSSR count). The van der Waals surface area contributed by atoms with Gasteiger partial charge in [-0.3, -0.25) is 0 Å². The van der Waals surface area contributed by atoms with Crippen molar-refractivity contribution < 1.29 is 8.60 Å². The Kier molecular flexibility index (Phi) is 5.85. The molecule has 1 heterocycles. The second-order valence-electron chi connectivity index (χ2n) is 10.6. The fraction of sp³-hybridized carbons (Fsp3) is 0.393. The Morgan fingerprint density at radius 3 is 2.44 bits per heavy atom. The van der Waals surface area contributed by atoms with Crippen molar-refractivity contribution in [2.45, 2.75) is 56.7 Å². The van der Waals surface area contributed by atoms with Crippen LogP contribution >= 0.6 is 0 Å². The summed E-state index contributed by atoms with van der Waals surface area (Å²) < 4.78 is 31.5. The molecule has 1 N–H and O–H groups in total. The summed E-state index contributed by atoms with van der Waals surface area (Å²) in [6.45, 7) is 10.2. The topological polar surface area (TPSA) is 46.9 Å². The molecule has 2 aliphatic carbocycles. The maximum Gasteiger partial charge on any atom is 0.123 e. The van der Waals surface area contributed by atoms with Crippen molar-refractivity contribution in [1.82, 2.24) is 14.3 Å². The molecule has 0 amide bonds. The monoisotopic (exact) mass is 477 g/mol. The van der Waals surface area contributed by atoms with Crippen LogP contribution in [-0.4, -0.2) is 24.0 Å². The lowest BCUT2D eigenvalue weighted by atomic mass is 9.80. The third-order valence-corrected chi connectivity index (χ3v) is 9.17. The number of aromatic nitrogens is 2. The molecule has 2 aromatic carbocycles. The summed E-state index contributed by atoms with van der Waals surface area (Å²) >= 11 is 0. The van der Waals surface area contributed by atoms with Crippen LogP contribution in [0.5, 0.6) is 0 Å². The molecular weight excluding hydrogens is 445 g/mol. The second kappa shape index (κ2) is 8.58. The molecular formula is C28H32FN3OS. The zero-order chi connectivity index (χ0) is 24.1. The summed E-state index contributed by atoms with van der Waals surface area (Å²) in [6.07, 6.45) is 9.90. The zero-order valence-electron chi connectivity index (χ0n) is 20.1. The molecule has 6 heteroatoms. The predicted octanol–water partition coefficient (Wildman–Crippen LogP) is 5.78. The maximum atomic E-state index is 13.3. The average Bonchev–Trinajstić information content (AvgIpc) is 3.37. The van der Waals surface area contributed by atoms with E-state index < -0.39 is 11.0 Å². The van der Waals surface area contributed by atoms with Crippen molar-refractivity contribution >= 4 is 11.0 Å². The number of fused-ring (bicyclic) bond motifs is 3. The summed E-state index contributed by atoms with van der Waals surface area (Å²) in [7, 11) is -1.16. The van der Waals surface area contributed by atoms with Crippen molar-refractivity contribution in [2.24, 2.45) is 11.8 Å². The van der Waals surface area contributed by atoms with Crippen LogP contribution in [0.2, 0.25) is 0 Å². The molecule has 34 heavy (non-hydrogen) atoms. The molecule has 1 unspecified atom stereocenters. The molecule has 178 valence electrons. The van der Waals surface area contributed by atoms with Crippen LogP contribution in [0.15, 0.2) is 67.6 Å². The van der Waals surface area contributed by atoms with Crippen LogP contribution in [0.1, 0.15) is 44.7 Å². The Balaban J connectivity index is 1.44. The minimum atomic E-state index is -1.16. The SMILES string of the molecule is C=C[C@@]1(NS(=O)C(C)(C)C)[C@@H]2CC[C@H]1Cc1cc(-c3cn(-c4ccc(F)cc4)cn3)ccc1C2. The predicted molar refractivity (Wildman–Crippen MR) is 137 cm³/mol. The van der Waals surface area contributed by atoms with Gasteiger partial charge in [0.15, 0.2) is 0 Å². The fourth-order valence-electron chi connectivity index (χ4n) is 5.54. The normalized spacial score (nSPS) is 24.9. The number of rotatable bonds is 5. The largest absolute Gasteiger partial charge is 0.306 e. The van der Waals surface area contributed by atoms with E-state index in [2.05, 4.69) is 34.5 Å². The number of hydrogen-bond donors (Lipinski definition) is 1. The molecule has 2 aliphatic rings. The van der Waals surface area contributed by atoms with Crippen LogP contribution in [-0.2, 0) is 23.8 Å². The van der Waals surface area contributed by atoms with Gasteiger partial charge in [0.05, 0.1) is 33.3 Å². The van der Waals surface area contributed by atoms with Gasteiger partial charge in [-0.15, -0.1) is 6.58 Å². The molecule has 3 aromatic rings. The van der Waals surface area contributed by atoms with E-state index in [1.165, 1.54) is 23.3 Å². The van der Waals surface area contributed by atoms with E-state index in [9.17, 15) is 8.60 Å². The summed E-state index contributed by atoms with van der Waals surface area (Å²) in [6, 6.07) is 13.1. The van der Waals surface area contributed by atoms with E-state index in [0.717, 1.165) is 42.6 Å². The summed E-state index contributed by atoms with van der Waals surface area (Å²) in [5.74, 6) is 0.487. The van der Waals surface area contributed by atoms with E-state index in [-0.39, 0.29) is 16.1 Å². The van der Waals surface area contributed by atoms with Crippen molar-refractivity contribution in [3.05, 3.63) is 84.6 Å². The first-order valence-electron chi connectivity index (χ1n) is 11.9. The van der Waals surface area contributed by atoms with Gasteiger partial charge < -0.3 is 4.57 Å². The molecule has 4 atom stereocenters. The highest BCUT2D eigenvalue weighted by molar-refractivity contribution is 7.84. The highest BCUT2D eigenvalue weighted by atomic mass is 32.2. The number of benzene rings is 2. The minimum absolute atomic E-state index is 0.249. The van der Waals surface area contributed by atoms with Gasteiger partial charge in [0, 0.05) is 17.4 Å². The number of halogens is 1. The lowest BCUT2D eigenvalue weighted by molar-refractivity contribution is 0.292. The van der Waals surface area contributed by atoms with Gasteiger partial charge in [0.2, 0.25) is 0 Å². The summed E-state index contributed by atoms with van der Waals surface area (Å²) in [4.78, 5) is 4.62. The molecule has 0 aliphatic heterocycles. The van der Waals surface area contributed by atoms with Crippen LogP contribution < -0.4 is 4.72 Å². The molecule has 1 aromatic heterocycles. The molecule has 0 saturated heterocycles. The average molecular weight is 478 g/mol. The zero-order valence-corrected chi connectivity index (χ0v) is 20.9. The van der Waals surface area contributed by atoms with E-state index in [0.29, 0.717) is 11.8 Å². The van der Waals surface area contributed by atoms with E-state index in [1.54, 1.807) is 18.5 Å². The summed E-state index contributed by atoms with van der Waals surface area (Å²) in [5.41, 5.74) is 5.23. The smallest absolute Gasteiger partial charge is 0.123 e. The van der Waals surface area contributed by atoms with Gasteiger partial charge in [-0.25, -0.2) is 18.3 Å². The molecule has 1 saturated carbocycles. The van der Waals surface area contributed by atoms with Crippen LogP contribution in [0.4, 0.5) is 4.39 Å². The van der Waals surface area contributed by atoms with Crippen LogP contribution in [0, 0.1) is 17.7 Å². The van der Waals surface area contributed by atoms with Gasteiger partial charge in [-0.1, -0.05) is 18.2 Å². The third kappa shape index (κ3) is 4.07. The van der Waals surface area contributed by atoms with E-state index in [1.807, 2.05) is 37.6 Å². The maximum absolute atomic E-state index is 13.3. The number of hydrogen-bond acceptors (Lipinski definition) is 2. The Bertz CT molecular complexity index is 1240. The number of nitrogens with one attached hydrogen (secondary N) is 1. The lowest BCUT2D eigenvalue weighted by Crippen LogP contribution is -2.55. The molecule has 0 radical (unpaired) electrons. The van der Waals surface area contributed by atoms with Crippen molar-refractivity contribution in [3.8, 4) is 16.9 Å². The summed E-state index contributed by atoms with van der Waals surface area (Å²) in [5, 5.41) is 0. The lowest BCUT2D eigenvalue weighted by Gasteiger charge is -2.39. The minimum Gasteiger partial charge on any atom is -0.306 e. The first kappa shape index (κ1) is 23.2. The van der Waals surface area contributed by atoms with Gasteiger partial charge >= 0.3 is 0 Å². The van der Waals surface area contributed by atoms with Gasteiger partial charge in [0.25, 0.3) is 0 Å². The van der Waals surface area contributed by atoms with Crippen LogP contribution in [0.25, 0.3) is 16.9 Å². The Morgan fingerprint density at radius 1 is 1.12 bits per heavy atom. The van der Waals surface area contributed by atoms with Crippen molar-refractivity contribution in [1.29, 1.82) is 0 Å². The Hall–Kier alpha value is -2.57. The van der Waals surface area contributed by atoms with Gasteiger partial charge in [-0.2, -0.15) is 0 Å². The van der Waals surface area contributed by atoms with E-state index >= 15 is 0 Å². The van der Waals surface area contributed by atoms with Gasteiger partial charge in [-0.05, 0) is 99.7 Å². The highest BCUT2D eigenvalue weighted by Crippen LogP contribution is 2.48. The molecule has 0 spiro atoms. The Labute approximate surface area is 203 Å². The third-order valence-electron chi connectivity index (χ3n) is 7.52. The standard InChI is InChI=1S/C28H32FN3OS/c1-5-28(31-34(33)27(2,3)4)22-8-9-23(28)16-21-14-20(7-6-19(21)15-22)26-17-32(18-30-26)25-12-10-24(29)11-13-25/h5-7,10-14,17-18,22-23,31H,1,8-9,15-16H2,2-4H3/t22-,23+,28-,34?/m1/s1. The first-order valence-corrected chi connectivity index (χ1v) is 13.1. The van der Waals surface area contributed by atoms with Crippen molar-refractivity contribution in [2.75, 3.05) is 0 Å². The molecule has 2 bridgehead atoms. The first-order chi connectivity index (χ1) is 16.2. The van der Waals surface area contributed by atoms with Crippen molar-refractivity contribution in [3.63, 3.8) is 0 Å². The number of nitrogens with zero attached hydrogens (tertiary/aromatic N) is 2. The highest BCUT2D eigenvalue weighted by Gasteiger charge is 2.51. The second-order valence-corrected chi connectivity index (χ2v) is 12.6. The Morgan fingerprint density at radius 2 is 1.79 bits per heavy atom. The molecule has 1 fully saturated rings. The quantitative estimate of drug-likeness (QED) is 0.474. The van der Waals surface area contributed by atoms with Gasteiger partial charge in [0.1, 0.15) is 5.82 Å². The fourth-order valence-corrected chi connectivity index (χ4v) is 6.59. The molecule has 4 nitrogen and oxygen atoms in total.